The maximum atomic E-state index is 13.0. The zero-order valence-electron chi connectivity index (χ0n) is 21.2. The average Bonchev–Trinajstić information content (AvgIpc) is 2.73. The summed E-state index contributed by atoms with van der Waals surface area (Å²) in [7, 11) is -3.00. The van der Waals surface area contributed by atoms with Crippen LogP contribution < -0.4 is 0 Å². The van der Waals surface area contributed by atoms with Gasteiger partial charge >= 0.3 is 0 Å². The highest BCUT2D eigenvalue weighted by Crippen LogP contribution is 2.51. The van der Waals surface area contributed by atoms with Gasteiger partial charge in [0.1, 0.15) is 0 Å². The minimum atomic E-state index is -3.00. The van der Waals surface area contributed by atoms with E-state index in [0.29, 0.717) is 29.9 Å². The molecular weight excluding hydrogens is 404 g/mol. The molecule has 0 aromatic carbocycles. The van der Waals surface area contributed by atoms with Crippen LogP contribution in [0.5, 0.6) is 0 Å². The lowest BCUT2D eigenvalue weighted by molar-refractivity contribution is -0.0573. The zero-order valence-corrected chi connectivity index (χ0v) is 22.1. The summed E-state index contributed by atoms with van der Waals surface area (Å²) in [5, 5.41) is -0.208. The molecule has 0 aromatic heterocycles. The second-order valence-corrected chi connectivity index (χ2v) is 13.6. The van der Waals surface area contributed by atoms with Crippen molar-refractivity contribution in [2.45, 2.75) is 117 Å². The molecule has 2 rings (SSSR count). The number of fused-ring (bicyclic) bond motifs is 1. The lowest BCUT2D eigenvalue weighted by atomic mass is 9.63. The molecule has 1 heterocycles. The summed E-state index contributed by atoms with van der Waals surface area (Å²) in [6, 6.07) is 0. The van der Waals surface area contributed by atoms with Crippen LogP contribution in [0.3, 0.4) is 0 Å². The number of rotatable bonds is 12. The predicted octanol–water partition coefficient (Wildman–Crippen LogP) is 7.21. The van der Waals surface area contributed by atoms with Gasteiger partial charge in [-0.2, -0.15) is 0 Å². The first-order valence-electron chi connectivity index (χ1n) is 13.1. The van der Waals surface area contributed by atoms with Crippen LogP contribution in [0, 0.1) is 29.1 Å². The molecule has 4 heteroatoms. The van der Waals surface area contributed by atoms with Crippen LogP contribution in [-0.4, -0.2) is 32.1 Å². The maximum absolute atomic E-state index is 13.0. The molecule has 0 N–H and O–H groups in total. The third-order valence-electron chi connectivity index (χ3n) is 8.34. The van der Waals surface area contributed by atoms with Gasteiger partial charge in [-0.3, -0.25) is 0 Å². The monoisotopic (exact) mass is 454 g/mol. The standard InChI is InChI=1S/C27H50O3S/c1-7-9-10-11-12-17-30-25-20-26-24(27(5,6)16-18-31(26,28)29)19-23(25)22(4)15-13-14-21(3)8-2/h13-14,21-26H,7-12,15-20H2,1-6H3/b14-13+. The molecule has 1 aliphatic carbocycles. The normalized spacial score (nSPS) is 31.9. The smallest absolute Gasteiger partial charge is 0.153 e. The molecule has 6 unspecified atom stereocenters. The molecule has 182 valence electrons. The second kappa shape index (κ2) is 12.2. The molecule has 2 aliphatic rings. The Labute approximate surface area is 193 Å². The van der Waals surface area contributed by atoms with E-state index >= 15 is 0 Å². The topological polar surface area (TPSA) is 43.4 Å². The molecule has 0 spiro atoms. The highest BCUT2D eigenvalue weighted by Gasteiger charge is 2.52. The Hall–Kier alpha value is -0.350. The Morgan fingerprint density at radius 3 is 2.45 bits per heavy atom. The summed E-state index contributed by atoms with van der Waals surface area (Å²) in [6.07, 6.45) is 15.7. The second-order valence-electron chi connectivity index (χ2n) is 11.2. The third-order valence-corrected chi connectivity index (χ3v) is 10.6. The SMILES string of the molecule is CCCCCCCOC1CC2C(CC1C(C)C/C=C/C(C)CC)C(C)(C)CCS2(=O)=O. The van der Waals surface area contributed by atoms with E-state index in [-0.39, 0.29) is 22.7 Å². The number of allylic oxidation sites excluding steroid dienone is 2. The Morgan fingerprint density at radius 1 is 1.06 bits per heavy atom. The highest BCUT2D eigenvalue weighted by molar-refractivity contribution is 7.92. The zero-order chi connectivity index (χ0) is 23.1. The van der Waals surface area contributed by atoms with Gasteiger partial charge in [-0.15, -0.1) is 0 Å². The quantitative estimate of drug-likeness (QED) is 0.231. The summed E-state index contributed by atoms with van der Waals surface area (Å²) in [4.78, 5) is 0. The Balaban J connectivity index is 2.10. The van der Waals surface area contributed by atoms with Gasteiger partial charge in [-0.1, -0.05) is 85.8 Å². The first kappa shape index (κ1) is 26.9. The first-order chi connectivity index (χ1) is 14.6. The summed E-state index contributed by atoms with van der Waals surface area (Å²) < 4.78 is 32.4. The van der Waals surface area contributed by atoms with Crippen LogP contribution in [-0.2, 0) is 14.6 Å². The summed E-state index contributed by atoms with van der Waals surface area (Å²) >= 11 is 0. The van der Waals surface area contributed by atoms with Crippen LogP contribution in [0.1, 0.15) is 106 Å². The predicted molar refractivity (Wildman–Crippen MR) is 133 cm³/mol. The number of sulfone groups is 1. The van der Waals surface area contributed by atoms with E-state index in [1.54, 1.807) is 0 Å². The van der Waals surface area contributed by atoms with Crippen molar-refractivity contribution < 1.29 is 13.2 Å². The Kier molecular flexibility index (Phi) is 10.6. The van der Waals surface area contributed by atoms with Gasteiger partial charge in [-0.25, -0.2) is 8.42 Å². The molecule has 0 bridgehead atoms. The fraction of sp³-hybridized carbons (Fsp3) is 0.926. The molecule has 3 nitrogen and oxygen atoms in total. The highest BCUT2D eigenvalue weighted by atomic mass is 32.2. The molecular formula is C27H50O3S. The van der Waals surface area contributed by atoms with Gasteiger partial charge in [0.05, 0.1) is 17.1 Å². The van der Waals surface area contributed by atoms with Crippen molar-refractivity contribution in [3.05, 3.63) is 12.2 Å². The van der Waals surface area contributed by atoms with Gasteiger partial charge in [0.2, 0.25) is 0 Å². The number of ether oxygens (including phenoxy) is 1. The molecule has 2 fully saturated rings. The largest absolute Gasteiger partial charge is 0.378 e. The molecule has 0 aromatic rings. The van der Waals surface area contributed by atoms with Crippen LogP contribution >= 0.6 is 0 Å². The van der Waals surface area contributed by atoms with Crippen molar-refractivity contribution >= 4 is 9.84 Å². The van der Waals surface area contributed by atoms with Gasteiger partial charge in [0, 0.05) is 6.61 Å². The van der Waals surface area contributed by atoms with E-state index in [1.165, 1.54) is 32.1 Å². The van der Waals surface area contributed by atoms with Crippen LogP contribution in [0.25, 0.3) is 0 Å². The average molecular weight is 455 g/mol. The third kappa shape index (κ3) is 7.59. The van der Waals surface area contributed by atoms with E-state index in [4.69, 9.17) is 4.74 Å². The molecule has 0 radical (unpaired) electrons. The van der Waals surface area contributed by atoms with Gasteiger partial charge in [0.15, 0.2) is 9.84 Å². The van der Waals surface area contributed by atoms with E-state index in [1.807, 2.05) is 0 Å². The van der Waals surface area contributed by atoms with Crippen molar-refractivity contribution in [1.29, 1.82) is 0 Å². The fourth-order valence-corrected chi connectivity index (χ4v) is 8.27. The molecule has 6 atom stereocenters. The number of hydrogen-bond acceptors (Lipinski definition) is 3. The summed E-state index contributed by atoms with van der Waals surface area (Å²) in [6.45, 7) is 14.5. The van der Waals surface area contributed by atoms with E-state index in [2.05, 4.69) is 53.7 Å². The number of hydrogen-bond donors (Lipinski definition) is 0. The summed E-state index contributed by atoms with van der Waals surface area (Å²) in [5.41, 5.74) is 0.103. The van der Waals surface area contributed by atoms with Crippen LogP contribution in [0.4, 0.5) is 0 Å². The van der Waals surface area contributed by atoms with Crippen molar-refractivity contribution in [3.8, 4) is 0 Å². The minimum Gasteiger partial charge on any atom is -0.378 e. The van der Waals surface area contributed by atoms with Gasteiger partial charge < -0.3 is 4.74 Å². The number of unbranched alkanes of at least 4 members (excludes halogenated alkanes) is 4. The van der Waals surface area contributed by atoms with Crippen molar-refractivity contribution in [1.82, 2.24) is 0 Å². The van der Waals surface area contributed by atoms with Crippen molar-refractivity contribution in [3.63, 3.8) is 0 Å². The fourth-order valence-electron chi connectivity index (χ4n) is 5.69. The molecule has 1 saturated heterocycles. The molecule has 1 saturated carbocycles. The van der Waals surface area contributed by atoms with E-state index < -0.39 is 9.84 Å². The van der Waals surface area contributed by atoms with Crippen molar-refractivity contribution in [2.24, 2.45) is 29.1 Å². The summed E-state index contributed by atoms with van der Waals surface area (Å²) in [5.74, 6) is 2.21. The Bertz CT molecular complexity index is 651. The lowest BCUT2D eigenvalue weighted by Gasteiger charge is -2.51. The van der Waals surface area contributed by atoms with Crippen molar-refractivity contribution in [2.75, 3.05) is 12.4 Å². The van der Waals surface area contributed by atoms with E-state index in [0.717, 1.165) is 32.3 Å². The van der Waals surface area contributed by atoms with Gasteiger partial charge in [0.25, 0.3) is 0 Å². The molecule has 0 amide bonds. The van der Waals surface area contributed by atoms with Crippen LogP contribution in [0.15, 0.2) is 12.2 Å². The van der Waals surface area contributed by atoms with Gasteiger partial charge in [-0.05, 0) is 61.2 Å². The minimum absolute atomic E-state index is 0.0862. The molecule has 1 aliphatic heterocycles. The first-order valence-corrected chi connectivity index (χ1v) is 14.8. The molecule has 31 heavy (non-hydrogen) atoms. The Morgan fingerprint density at radius 2 is 1.77 bits per heavy atom. The maximum Gasteiger partial charge on any atom is 0.153 e. The lowest BCUT2D eigenvalue weighted by Crippen LogP contribution is -2.54. The van der Waals surface area contributed by atoms with Crippen LogP contribution in [0.2, 0.25) is 0 Å². The van der Waals surface area contributed by atoms with E-state index in [9.17, 15) is 8.42 Å².